The van der Waals surface area contributed by atoms with Gasteiger partial charge in [-0.15, -0.1) is 0 Å². The third kappa shape index (κ3) is 5.47. The summed E-state index contributed by atoms with van der Waals surface area (Å²) in [5.41, 5.74) is 2.76. The van der Waals surface area contributed by atoms with Crippen molar-refractivity contribution >= 4 is 49.8 Å². The smallest absolute Gasteiger partial charge is 0.363 e. The van der Waals surface area contributed by atoms with Crippen molar-refractivity contribution in [2.75, 3.05) is 6.61 Å². The van der Waals surface area contributed by atoms with Crippen LogP contribution in [0.2, 0.25) is 0 Å². The summed E-state index contributed by atoms with van der Waals surface area (Å²) in [4.78, 5) is 16.7. The number of nitrogens with zero attached hydrogens (tertiary/aromatic N) is 1. The zero-order chi connectivity index (χ0) is 22.5. The molecule has 0 aliphatic carbocycles. The first kappa shape index (κ1) is 22.3. The van der Waals surface area contributed by atoms with Crippen LogP contribution in [0.3, 0.4) is 0 Å². The van der Waals surface area contributed by atoms with E-state index in [1.165, 1.54) is 0 Å². The molecular weight excluding hydrogens is 538 g/mol. The van der Waals surface area contributed by atoms with Crippen LogP contribution in [0, 0.1) is 0 Å². The molecule has 0 saturated heterocycles. The van der Waals surface area contributed by atoms with Crippen molar-refractivity contribution in [3.8, 4) is 11.5 Å². The molecule has 1 aliphatic heterocycles. The molecule has 162 valence electrons. The Morgan fingerprint density at radius 2 is 1.75 bits per heavy atom. The van der Waals surface area contributed by atoms with Gasteiger partial charge in [-0.1, -0.05) is 50.1 Å². The van der Waals surface area contributed by atoms with Gasteiger partial charge in [-0.3, -0.25) is 0 Å². The number of cyclic esters (lactones) is 1. The van der Waals surface area contributed by atoms with Crippen LogP contribution in [0.4, 0.5) is 0 Å². The molecule has 0 spiro atoms. The summed E-state index contributed by atoms with van der Waals surface area (Å²) < 4.78 is 19.0. The third-order valence-electron chi connectivity index (χ3n) is 4.57. The number of halogens is 2. The highest BCUT2D eigenvalue weighted by Crippen LogP contribution is 2.31. The Labute approximate surface area is 203 Å². The summed E-state index contributed by atoms with van der Waals surface area (Å²) in [6, 6.07) is 20.9. The van der Waals surface area contributed by atoms with E-state index in [-0.39, 0.29) is 11.6 Å². The minimum atomic E-state index is -0.490. The van der Waals surface area contributed by atoms with E-state index in [1.54, 1.807) is 6.08 Å². The van der Waals surface area contributed by atoms with Crippen LogP contribution in [0.15, 0.2) is 86.4 Å². The predicted octanol–water partition coefficient (Wildman–Crippen LogP) is 6.53. The normalized spacial score (nSPS) is 14.3. The fraction of sp³-hybridized carbons (Fsp3) is 0.120. The molecule has 5 nitrogen and oxygen atoms in total. The van der Waals surface area contributed by atoms with Crippen LogP contribution in [-0.4, -0.2) is 18.5 Å². The third-order valence-corrected chi connectivity index (χ3v) is 5.59. The fourth-order valence-corrected chi connectivity index (χ4v) is 3.78. The number of esters is 1. The van der Waals surface area contributed by atoms with Crippen molar-refractivity contribution in [1.82, 2.24) is 0 Å². The van der Waals surface area contributed by atoms with Crippen molar-refractivity contribution in [1.29, 1.82) is 0 Å². The van der Waals surface area contributed by atoms with Gasteiger partial charge in [0.2, 0.25) is 5.90 Å². The zero-order valence-corrected chi connectivity index (χ0v) is 20.4. The molecule has 3 aromatic carbocycles. The van der Waals surface area contributed by atoms with E-state index < -0.39 is 5.97 Å². The molecule has 0 atom stereocenters. The Morgan fingerprint density at radius 3 is 2.50 bits per heavy atom. The molecule has 0 N–H and O–H groups in total. The first-order valence-electron chi connectivity index (χ1n) is 9.94. The minimum absolute atomic E-state index is 0.230. The van der Waals surface area contributed by atoms with Gasteiger partial charge in [0, 0.05) is 14.5 Å². The quantitative estimate of drug-likeness (QED) is 0.245. The topological polar surface area (TPSA) is 57.1 Å². The van der Waals surface area contributed by atoms with Crippen molar-refractivity contribution in [3.05, 3.63) is 98.1 Å². The number of carbonyl (C=O) groups is 1. The lowest BCUT2D eigenvalue weighted by atomic mass is 10.1. The first-order valence-corrected chi connectivity index (χ1v) is 11.5. The second-order valence-electron chi connectivity index (χ2n) is 6.90. The first-order chi connectivity index (χ1) is 15.5. The van der Waals surface area contributed by atoms with Gasteiger partial charge in [-0.2, -0.15) is 0 Å². The molecule has 1 aliphatic rings. The van der Waals surface area contributed by atoms with E-state index in [4.69, 9.17) is 14.2 Å². The van der Waals surface area contributed by atoms with E-state index in [0.29, 0.717) is 24.7 Å². The molecular formula is C25H19Br2NO4. The number of carbonyl (C=O) groups excluding carboxylic acids is 1. The second kappa shape index (κ2) is 10.1. The lowest BCUT2D eigenvalue weighted by molar-refractivity contribution is -0.129. The van der Waals surface area contributed by atoms with E-state index in [1.807, 2.05) is 73.7 Å². The van der Waals surface area contributed by atoms with Crippen LogP contribution in [0.25, 0.3) is 6.08 Å². The van der Waals surface area contributed by atoms with Gasteiger partial charge in [-0.25, -0.2) is 9.79 Å². The van der Waals surface area contributed by atoms with Crippen LogP contribution >= 0.6 is 31.9 Å². The highest BCUT2D eigenvalue weighted by Gasteiger charge is 2.24. The maximum absolute atomic E-state index is 12.3. The van der Waals surface area contributed by atoms with Crippen LogP contribution in [0.5, 0.6) is 11.5 Å². The zero-order valence-electron chi connectivity index (χ0n) is 17.2. The summed E-state index contributed by atoms with van der Waals surface area (Å²) >= 11 is 6.86. The fourth-order valence-electron chi connectivity index (χ4n) is 3.07. The van der Waals surface area contributed by atoms with Gasteiger partial charge >= 0.3 is 5.97 Å². The maximum atomic E-state index is 12.3. The number of ether oxygens (including phenoxy) is 3. The van der Waals surface area contributed by atoms with Crippen LogP contribution in [-0.2, 0) is 16.1 Å². The summed E-state index contributed by atoms with van der Waals surface area (Å²) in [7, 11) is 0. The number of benzene rings is 3. The van der Waals surface area contributed by atoms with Gasteiger partial charge in [0.05, 0.1) is 6.61 Å². The summed E-state index contributed by atoms with van der Waals surface area (Å²) in [5, 5.41) is 0. The minimum Gasteiger partial charge on any atom is -0.490 e. The average Bonchev–Trinajstić information content (AvgIpc) is 3.14. The summed E-state index contributed by atoms with van der Waals surface area (Å²) in [5.74, 6) is 1.02. The van der Waals surface area contributed by atoms with E-state index in [9.17, 15) is 4.79 Å². The van der Waals surface area contributed by atoms with E-state index in [2.05, 4.69) is 36.9 Å². The molecule has 0 bridgehead atoms. The van der Waals surface area contributed by atoms with E-state index >= 15 is 0 Å². The number of hydrogen-bond acceptors (Lipinski definition) is 5. The Balaban J connectivity index is 1.55. The maximum Gasteiger partial charge on any atom is 0.363 e. The molecule has 0 amide bonds. The van der Waals surface area contributed by atoms with Crippen molar-refractivity contribution in [3.63, 3.8) is 0 Å². The molecule has 1 heterocycles. The largest absolute Gasteiger partial charge is 0.490 e. The standard InChI is InChI=1S/C25H19Br2NO4/c1-2-30-23-14-16(6-11-22(23)31-15-17-4-3-5-20(27)12-17)13-21-25(29)32-24(28-21)18-7-9-19(26)10-8-18/h3-14H,2,15H2,1H3/b21-13-. The number of aliphatic imine (C=N–C) groups is 1. The van der Waals surface area contributed by atoms with Crippen molar-refractivity contribution in [2.45, 2.75) is 13.5 Å². The highest BCUT2D eigenvalue weighted by molar-refractivity contribution is 9.10. The van der Waals surface area contributed by atoms with Crippen molar-refractivity contribution < 1.29 is 19.0 Å². The number of hydrogen-bond donors (Lipinski definition) is 0. The molecule has 0 unspecified atom stereocenters. The molecule has 7 heteroatoms. The number of rotatable bonds is 7. The van der Waals surface area contributed by atoms with Gasteiger partial charge < -0.3 is 14.2 Å². The molecule has 0 fully saturated rings. The van der Waals surface area contributed by atoms with E-state index in [0.717, 1.165) is 25.6 Å². The van der Waals surface area contributed by atoms with Gasteiger partial charge in [0.1, 0.15) is 6.61 Å². The Bertz CT molecular complexity index is 1200. The Morgan fingerprint density at radius 1 is 0.938 bits per heavy atom. The van der Waals surface area contributed by atoms with Crippen LogP contribution < -0.4 is 9.47 Å². The Hall–Kier alpha value is -2.90. The molecule has 0 radical (unpaired) electrons. The van der Waals surface area contributed by atoms with Gasteiger partial charge in [0.15, 0.2) is 17.2 Å². The molecule has 3 aromatic rings. The van der Waals surface area contributed by atoms with Gasteiger partial charge in [0.25, 0.3) is 0 Å². The monoisotopic (exact) mass is 555 g/mol. The molecule has 4 rings (SSSR count). The molecule has 32 heavy (non-hydrogen) atoms. The van der Waals surface area contributed by atoms with Crippen LogP contribution in [0.1, 0.15) is 23.6 Å². The SMILES string of the molecule is CCOc1cc(/C=C2\N=C(c3ccc(Br)cc3)OC2=O)ccc1OCc1cccc(Br)c1. The Kier molecular flexibility index (Phi) is 7.07. The van der Waals surface area contributed by atoms with Gasteiger partial charge in [-0.05, 0) is 72.7 Å². The summed E-state index contributed by atoms with van der Waals surface area (Å²) in [6.45, 7) is 2.81. The predicted molar refractivity (Wildman–Crippen MR) is 131 cm³/mol. The molecule has 0 saturated carbocycles. The highest BCUT2D eigenvalue weighted by atomic mass is 79.9. The van der Waals surface area contributed by atoms with Crippen molar-refractivity contribution in [2.24, 2.45) is 4.99 Å². The molecule has 0 aromatic heterocycles. The average molecular weight is 557 g/mol. The summed E-state index contributed by atoms with van der Waals surface area (Å²) in [6.07, 6.45) is 1.68. The second-order valence-corrected chi connectivity index (χ2v) is 8.73. The lowest BCUT2D eigenvalue weighted by Gasteiger charge is -2.13. The lowest BCUT2D eigenvalue weighted by Crippen LogP contribution is -2.05.